The maximum absolute atomic E-state index is 2.55. The smallest absolute Gasteiger partial charge is 0.0665 e. The van der Waals surface area contributed by atoms with Crippen LogP contribution in [-0.4, -0.2) is 25.7 Å². The molecule has 0 aromatic rings. The quantitative estimate of drug-likeness (QED) is 0.628. The molecular formula is C11H23NSi. The second kappa shape index (κ2) is 4.31. The van der Waals surface area contributed by atoms with Crippen LogP contribution in [0, 0.1) is 0 Å². The van der Waals surface area contributed by atoms with Crippen molar-refractivity contribution in [2.24, 2.45) is 0 Å². The molecular weight excluding hydrogens is 174 g/mol. The Morgan fingerprint density at radius 1 is 1.38 bits per heavy atom. The van der Waals surface area contributed by atoms with Crippen LogP contribution in [0.15, 0.2) is 11.8 Å². The van der Waals surface area contributed by atoms with Crippen LogP contribution in [0.3, 0.4) is 0 Å². The standard InChI is InChI=1S/C11H23NSi/c1-5-11-7-6-8-12(9-11)10-13(2,3)4/h9H,5-8,10H2,1-4H3. The van der Waals surface area contributed by atoms with E-state index in [0.29, 0.717) is 0 Å². The summed E-state index contributed by atoms with van der Waals surface area (Å²) in [5.74, 6) is 0. The molecule has 0 bridgehead atoms. The van der Waals surface area contributed by atoms with Gasteiger partial charge in [-0.25, -0.2) is 0 Å². The zero-order chi connectivity index (χ0) is 9.90. The third-order valence-electron chi connectivity index (χ3n) is 2.44. The van der Waals surface area contributed by atoms with Gasteiger partial charge in [0.25, 0.3) is 0 Å². The molecule has 0 spiro atoms. The highest BCUT2D eigenvalue weighted by Gasteiger charge is 2.18. The second-order valence-electron chi connectivity index (χ2n) is 5.28. The van der Waals surface area contributed by atoms with Gasteiger partial charge in [-0.1, -0.05) is 32.1 Å². The van der Waals surface area contributed by atoms with Crippen LogP contribution < -0.4 is 0 Å². The van der Waals surface area contributed by atoms with Gasteiger partial charge < -0.3 is 4.90 Å². The normalized spacial score (nSPS) is 18.8. The highest BCUT2D eigenvalue weighted by Crippen LogP contribution is 2.18. The summed E-state index contributed by atoms with van der Waals surface area (Å²) in [4.78, 5) is 2.55. The minimum Gasteiger partial charge on any atom is -0.380 e. The van der Waals surface area contributed by atoms with Crippen molar-refractivity contribution in [2.75, 3.05) is 12.7 Å². The highest BCUT2D eigenvalue weighted by atomic mass is 28.3. The van der Waals surface area contributed by atoms with Crippen molar-refractivity contribution in [1.29, 1.82) is 0 Å². The molecule has 0 fully saturated rings. The van der Waals surface area contributed by atoms with Crippen LogP contribution >= 0.6 is 0 Å². The molecule has 1 nitrogen and oxygen atoms in total. The number of allylic oxidation sites excluding steroid dienone is 1. The Morgan fingerprint density at radius 3 is 2.62 bits per heavy atom. The van der Waals surface area contributed by atoms with E-state index in [4.69, 9.17) is 0 Å². The van der Waals surface area contributed by atoms with Crippen LogP contribution in [0.5, 0.6) is 0 Å². The monoisotopic (exact) mass is 197 g/mol. The average molecular weight is 197 g/mol. The van der Waals surface area contributed by atoms with Crippen molar-refractivity contribution in [3.8, 4) is 0 Å². The van der Waals surface area contributed by atoms with Gasteiger partial charge >= 0.3 is 0 Å². The minimum atomic E-state index is -0.906. The molecule has 0 aromatic carbocycles. The Bertz CT molecular complexity index is 191. The first-order valence-electron chi connectivity index (χ1n) is 5.45. The van der Waals surface area contributed by atoms with Crippen molar-refractivity contribution < 1.29 is 0 Å². The predicted molar refractivity (Wildman–Crippen MR) is 62.5 cm³/mol. The van der Waals surface area contributed by atoms with E-state index in [0.717, 1.165) is 0 Å². The Kier molecular flexibility index (Phi) is 3.60. The third kappa shape index (κ3) is 3.99. The van der Waals surface area contributed by atoms with Gasteiger partial charge in [0.05, 0.1) is 8.07 Å². The molecule has 1 heterocycles. The van der Waals surface area contributed by atoms with Gasteiger partial charge in [0.2, 0.25) is 0 Å². The largest absolute Gasteiger partial charge is 0.380 e. The van der Waals surface area contributed by atoms with E-state index in [2.05, 4.69) is 37.7 Å². The molecule has 0 saturated heterocycles. The predicted octanol–water partition coefficient (Wildman–Crippen LogP) is 3.25. The van der Waals surface area contributed by atoms with Crippen molar-refractivity contribution in [1.82, 2.24) is 4.90 Å². The Morgan fingerprint density at radius 2 is 2.08 bits per heavy atom. The van der Waals surface area contributed by atoms with Gasteiger partial charge in [0.15, 0.2) is 0 Å². The van der Waals surface area contributed by atoms with E-state index < -0.39 is 8.07 Å². The van der Waals surface area contributed by atoms with Gasteiger partial charge in [0.1, 0.15) is 0 Å². The van der Waals surface area contributed by atoms with Gasteiger partial charge in [0, 0.05) is 12.7 Å². The van der Waals surface area contributed by atoms with Crippen molar-refractivity contribution in [3.05, 3.63) is 11.8 Å². The lowest BCUT2D eigenvalue weighted by Crippen LogP contribution is -2.39. The topological polar surface area (TPSA) is 3.24 Å². The molecule has 1 rings (SSSR count). The Hall–Kier alpha value is -0.243. The number of hydrogen-bond donors (Lipinski definition) is 0. The molecule has 0 amide bonds. The first-order chi connectivity index (χ1) is 6.01. The summed E-state index contributed by atoms with van der Waals surface area (Å²) in [5.41, 5.74) is 1.64. The Labute approximate surface area is 83.8 Å². The van der Waals surface area contributed by atoms with E-state index in [1.807, 2.05) is 0 Å². The molecule has 0 atom stereocenters. The van der Waals surface area contributed by atoms with E-state index in [1.165, 1.54) is 32.0 Å². The maximum Gasteiger partial charge on any atom is 0.0665 e. The Balaban J connectivity index is 2.51. The fourth-order valence-electron chi connectivity index (χ4n) is 1.90. The number of hydrogen-bond acceptors (Lipinski definition) is 1. The van der Waals surface area contributed by atoms with Crippen molar-refractivity contribution in [3.63, 3.8) is 0 Å². The summed E-state index contributed by atoms with van der Waals surface area (Å²) in [6.07, 6.45) is 7.68. The SMILES string of the molecule is CCC1=CN(C[Si](C)(C)C)CCC1. The zero-order valence-electron chi connectivity index (χ0n) is 9.56. The zero-order valence-corrected chi connectivity index (χ0v) is 10.6. The maximum atomic E-state index is 2.55. The summed E-state index contributed by atoms with van der Waals surface area (Å²) in [6, 6.07) is 0. The molecule has 0 aliphatic carbocycles. The summed E-state index contributed by atoms with van der Waals surface area (Å²) in [6.45, 7) is 10.9. The van der Waals surface area contributed by atoms with Crippen LogP contribution in [0.25, 0.3) is 0 Å². The van der Waals surface area contributed by atoms with Crippen LogP contribution in [0.4, 0.5) is 0 Å². The molecule has 2 heteroatoms. The van der Waals surface area contributed by atoms with Crippen molar-refractivity contribution in [2.45, 2.75) is 45.8 Å². The minimum absolute atomic E-state index is 0.906. The first-order valence-corrected chi connectivity index (χ1v) is 9.15. The second-order valence-corrected chi connectivity index (χ2v) is 10.7. The molecule has 0 N–H and O–H groups in total. The molecule has 1 aliphatic heterocycles. The van der Waals surface area contributed by atoms with Crippen LogP contribution in [0.2, 0.25) is 19.6 Å². The molecule has 0 unspecified atom stereocenters. The van der Waals surface area contributed by atoms with Crippen LogP contribution in [-0.2, 0) is 0 Å². The summed E-state index contributed by atoms with van der Waals surface area (Å²) < 4.78 is 0. The molecule has 76 valence electrons. The van der Waals surface area contributed by atoms with Crippen LogP contribution in [0.1, 0.15) is 26.2 Å². The fourth-order valence-corrected chi connectivity index (χ4v) is 3.37. The lowest BCUT2D eigenvalue weighted by atomic mass is 10.1. The summed E-state index contributed by atoms with van der Waals surface area (Å²) >= 11 is 0. The lowest BCUT2D eigenvalue weighted by Gasteiger charge is -2.31. The first kappa shape index (κ1) is 10.8. The molecule has 13 heavy (non-hydrogen) atoms. The van der Waals surface area contributed by atoms with Gasteiger partial charge in [-0.05, 0) is 25.5 Å². The van der Waals surface area contributed by atoms with E-state index in [9.17, 15) is 0 Å². The van der Waals surface area contributed by atoms with E-state index in [1.54, 1.807) is 5.57 Å². The van der Waals surface area contributed by atoms with Gasteiger partial charge in [-0.15, -0.1) is 0 Å². The third-order valence-corrected chi connectivity index (χ3v) is 3.79. The average Bonchev–Trinajstić information content (AvgIpc) is 2.01. The van der Waals surface area contributed by atoms with Gasteiger partial charge in [-0.3, -0.25) is 0 Å². The molecule has 0 radical (unpaired) electrons. The summed E-state index contributed by atoms with van der Waals surface area (Å²) in [5, 5.41) is 0. The molecule has 0 aromatic heterocycles. The van der Waals surface area contributed by atoms with Crippen molar-refractivity contribution >= 4 is 8.07 Å². The highest BCUT2D eigenvalue weighted by molar-refractivity contribution is 6.76. The number of rotatable bonds is 3. The summed E-state index contributed by atoms with van der Waals surface area (Å²) in [7, 11) is -0.906. The number of nitrogens with zero attached hydrogens (tertiary/aromatic N) is 1. The fraction of sp³-hybridized carbons (Fsp3) is 0.818. The van der Waals surface area contributed by atoms with E-state index in [-0.39, 0.29) is 0 Å². The molecule has 1 aliphatic rings. The van der Waals surface area contributed by atoms with E-state index >= 15 is 0 Å². The van der Waals surface area contributed by atoms with Gasteiger partial charge in [-0.2, -0.15) is 0 Å². The lowest BCUT2D eigenvalue weighted by molar-refractivity contribution is 0.389. The molecule has 0 saturated carbocycles.